The Morgan fingerprint density at radius 1 is 1.36 bits per heavy atom. The summed E-state index contributed by atoms with van der Waals surface area (Å²) < 4.78 is 15.7. The molecule has 4 heteroatoms. The quantitative estimate of drug-likeness (QED) is 0.612. The van der Waals surface area contributed by atoms with Gasteiger partial charge in [0.1, 0.15) is 5.75 Å². The van der Waals surface area contributed by atoms with Crippen LogP contribution in [-0.4, -0.2) is 6.22 Å². The third-order valence-corrected chi connectivity index (χ3v) is 1.26. The average Bonchev–Trinajstić information content (AvgIpc) is 1.93. The first-order chi connectivity index (χ1) is 5.18. The van der Waals surface area contributed by atoms with E-state index in [2.05, 4.69) is 4.74 Å². The first kappa shape index (κ1) is 8.01. The minimum Gasteiger partial charge on any atom is -0.401 e. The van der Waals surface area contributed by atoms with E-state index >= 15 is 0 Å². The van der Waals surface area contributed by atoms with Crippen LogP contribution in [0.2, 0.25) is 5.02 Å². The Hall–Kier alpha value is -1.09. The summed E-state index contributed by atoms with van der Waals surface area (Å²) in [6, 6.07) is 5.80. The highest BCUT2D eigenvalue weighted by molar-refractivity contribution is 6.30. The smallest absolute Gasteiger partial charge is 0.401 e. The number of hydrogen-bond acceptors (Lipinski definition) is 2. The number of benzene rings is 1. The normalized spacial score (nSPS) is 9.27. The van der Waals surface area contributed by atoms with E-state index < -0.39 is 6.22 Å². The second-order valence-corrected chi connectivity index (χ2v) is 2.23. The molecule has 0 unspecified atom stereocenters. The molecular weight excluding hydrogens is 171 g/mol. The Bertz CT molecular complexity index is 258. The van der Waals surface area contributed by atoms with Gasteiger partial charge >= 0.3 is 6.22 Å². The minimum atomic E-state index is -1.83. The highest BCUT2D eigenvalue weighted by atomic mass is 35.5. The largest absolute Gasteiger partial charge is 0.500 e. The van der Waals surface area contributed by atoms with Crippen molar-refractivity contribution >= 4 is 17.8 Å². The molecule has 0 aliphatic rings. The number of carbonyl (C=O) groups is 1. The third kappa shape index (κ3) is 2.55. The Morgan fingerprint density at radius 2 is 1.91 bits per heavy atom. The van der Waals surface area contributed by atoms with Crippen molar-refractivity contribution < 1.29 is 13.9 Å². The number of carbonyl (C=O) groups excluding carboxylic acids is 1. The summed E-state index contributed by atoms with van der Waals surface area (Å²) in [6.07, 6.45) is -1.83. The van der Waals surface area contributed by atoms with Crippen molar-refractivity contribution in [3.63, 3.8) is 0 Å². The van der Waals surface area contributed by atoms with Gasteiger partial charge in [-0.25, -0.2) is 4.79 Å². The van der Waals surface area contributed by atoms with Crippen LogP contribution in [0.25, 0.3) is 0 Å². The van der Waals surface area contributed by atoms with Crippen LogP contribution < -0.4 is 4.74 Å². The van der Waals surface area contributed by atoms with E-state index in [4.69, 9.17) is 11.6 Å². The number of halogens is 2. The number of ether oxygens (including phenoxy) is 1. The molecule has 0 N–H and O–H groups in total. The van der Waals surface area contributed by atoms with Crippen molar-refractivity contribution in [3.8, 4) is 5.75 Å². The standard InChI is InChI=1S/C7H4ClFO2/c8-5-1-3-6(4-2-5)11-7(9)10/h1-4H. The summed E-state index contributed by atoms with van der Waals surface area (Å²) in [5.74, 6) is 0.141. The van der Waals surface area contributed by atoms with E-state index in [-0.39, 0.29) is 5.75 Å². The topological polar surface area (TPSA) is 26.3 Å². The fraction of sp³-hybridized carbons (Fsp3) is 0. The van der Waals surface area contributed by atoms with Gasteiger partial charge in [0.2, 0.25) is 0 Å². The van der Waals surface area contributed by atoms with Crippen molar-refractivity contribution in [2.75, 3.05) is 0 Å². The molecule has 58 valence electrons. The monoisotopic (exact) mass is 174 g/mol. The van der Waals surface area contributed by atoms with Crippen LogP contribution in [0.5, 0.6) is 5.75 Å². The molecule has 0 bridgehead atoms. The van der Waals surface area contributed by atoms with Gasteiger partial charge in [-0.05, 0) is 24.3 Å². The molecular formula is C7H4ClFO2. The average molecular weight is 175 g/mol. The lowest BCUT2D eigenvalue weighted by Gasteiger charge is -1.96. The van der Waals surface area contributed by atoms with Crippen molar-refractivity contribution in [1.82, 2.24) is 0 Å². The molecule has 0 spiro atoms. The predicted octanol–water partition coefficient (Wildman–Crippen LogP) is 2.81. The predicted molar refractivity (Wildman–Crippen MR) is 38.6 cm³/mol. The highest BCUT2D eigenvalue weighted by Crippen LogP contribution is 2.15. The lowest BCUT2D eigenvalue weighted by molar-refractivity contribution is 0.175. The van der Waals surface area contributed by atoms with Crippen molar-refractivity contribution in [2.24, 2.45) is 0 Å². The third-order valence-electron chi connectivity index (χ3n) is 1.01. The fourth-order valence-corrected chi connectivity index (χ4v) is 0.721. The number of rotatable bonds is 1. The van der Waals surface area contributed by atoms with Gasteiger partial charge in [-0.3, -0.25) is 0 Å². The van der Waals surface area contributed by atoms with Crippen LogP contribution in [-0.2, 0) is 0 Å². The Labute approximate surface area is 67.5 Å². The molecule has 11 heavy (non-hydrogen) atoms. The van der Waals surface area contributed by atoms with E-state index in [9.17, 15) is 9.18 Å². The van der Waals surface area contributed by atoms with Crippen molar-refractivity contribution in [3.05, 3.63) is 29.3 Å². The molecule has 0 amide bonds. The van der Waals surface area contributed by atoms with Gasteiger partial charge in [0.25, 0.3) is 0 Å². The second-order valence-electron chi connectivity index (χ2n) is 1.79. The van der Waals surface area contributed by atoms with Crippen LogP contribution in [0.3, 0.4) is 0 Å². The van der Waals surface area contributed by atoms with Crippen LogP contribution in [0.15, 0.2) is 24.3 Å². The molecule has 1 aromatic carbocycles. The van der Waals surface area contributed by atoms with E-state index in [1.54, 1.807) is 0 Å². The molecule has 0 radical (unpaired) electrons. The first-order valence-corrected chi connectivity index (χ1v) is 3.19. The summed E-state index contributed by atoms with van der Waals surface area (Å²) in [4.78, 5) is 9.78. The molecule has 0 aliphatic heterocycles. The Kier molecular flexibility index (Phi) is 2.44. The second kappa shape index (κ2) is 3.34. The van der Waals surface area contributed by atoms with Gasteiger partial charge < -0.3 is 4.74 Å². The fourth-order valence-electron chi connectivity index (χ4n) is 0.595. The van der Waals surface area contributed by atoms with Gasteiger partial charge in [0.05, 0.1) is 0 Å². The van der Waals surface area contributed by atoms with E-state index in [1.165, 1.54) is 24.3 Å². The molecule has 1 aromatic rings. The van der Waals surface area contributed by atoms with E-state index in [0.717, 1.165) is 0 Å². The van der Waals surface area contributed by atoms with Crippen LogP contribution >= 0.6 is 11.6 Å². The summed E-state index contributed by atoms with van der Waals surface area (Å²) in [7, 11) is 0. The molecule has 2 nitrogen and oxygen atoms in total. The van der Waals surface area contributed by atoms with Crippen LogP contribution in [0, 0.1) is 0 Å². The van der Waals surface area contributed by atoms with Crippen molar-refractivity contribution in [2.45, 2.75) is 0 Å². The maximum absolute atomic E-state index is 11.6. The number of hydrogen-bond donors (Lipinski definition) is 0. The van der Waals surface area contributed by atoms with Gasteiger partial charge in [-0.2, -0.15) is 0 Å². The Balaban J connectivity index is 2.74. The van der Waals surface area contributed by atoms with Crippen LogP contribution in [0.4, 0.5) is 9.18 Å². The summed E-state index contributed by atoms with van der Waals surface area (Å²) in [6.45, 7) is 0. The molecule has 0 saturated heterocycles. The lowest BCUT2D eigenvalue weighted by Crippen LogP contribution is -1.96. The zero-order valence-electron chi connectivity index (χ0n) is 5.38. The Morgan fingerprint density at radius 3 is 2.36 bits per heavy atom. The van der Waals surface area contributed by atoms with Gasteiger partial charge in [0.15, 0.2) is 0 Å². The molecule has 0 heterocycles. The minimum absolute atomic E-state index is 0.141. The van der Waals surface area contributed by atoms with Crippen LogP contribution in [0.1, 0.15) is 0 Å². The van der Waals surface area contributed by atoms with Gasteiger partial charge in [-0.1, -0.05) is 11.6 Å². The molecule has 0 saturated carbocycles. The SMILES string of the molecule is O=C(F)Oc1ccc(Cl)cc1. The van der Waals surface area contributed by atoms with Gasteiger partial charge in [-0.15, -0.1) is 4.39 Å². The maximum atomic E-state index is 11.6. The zero-order valence-corrected chi connectivity index (χ0v) is 6.14. The molecule has 1 rings (SSSR count). The maximum Gasteiger partial charge on any atom is 0.500 e. The molecule has 0 aromatic heterocycles. The molecule has 0 fully saturated rings. The lowest BCUT2D eigenvalue weighted by atomic mass is 10.3. The highest BCUT2D eigenvalue weighted by Gasteiger charge is 1.99. The summed E-state index contributed by atoms with van der Waals surface area (Å²) >= 11 is 5.51. The molecule has 0 atom stereocenters. The molecule has 0 aliphatic carbocycles. The van der Waals surface area contributed by atoms with E-state index in [0.29, 0.717) is 5.02 Å². The summed E-state index contributed by atoms with van der Waals surface area (Å²) in [5.41, 5.74) is 0. The van der Waals surface area contributed by atoms with Crippen molar-refractivity contribution in [1.29, 1.82) is 0 Å². The summed E-state index contributed by atoms with van der Waals surface area (Å²) in [5, 5.41) is 0.503. The zero-order chi connectivity index (χ0) is 8.27. The first-order valence-electron chi connectivity index (χ1n) is 2.81. The van der Waals surface area contributed by atoms with Gasteiger partial charge in [0, 0.05) is 5.02 Å². The van der Waals surface area contributed by atoms with E-state index in [1.807, 2.05) is 0 Å².